The third-order valence-corrected chi connectivity index (χ3v) is 4.19. The van der Waals surface area contributed by atoms with Gasteiger partial charge in [0.15, 0.2) is 0 Å². The molecule has 2 rings (SSSR count). The van der Waals surface area contributed by atoms with E-state index in [1.165, 1.54) is 0 Å². The highest BCUT2D eigenvalue weighted by atomic mass is 127. The van der Waals surface area contributed by atoms with Crippen LogP contribution >= 0.6 is 22.6 Å². The molecular formula is C14H17IN2O3. The highest BCUT2D eigenvalue weighted by molar-refractivity contribution is 14.1. The van der Waals surface area contributed by atoms with Crippen molar-refractivity contribution in [2.24, 2.45) is 5.41 Å². The van der Waals surface area contributed by atoms with Gasteiger partial charge in [-0.1, -0.05) is 0 Å². The van der Waals surface area contributed by atoms with Gasteiger partial charge in [0.05, 0.1) is 5.41 Å². The lowest BCUT2D eigenvalue weighted by atomic mass is 9.90. The lowest BCUT2D eigenvalue weighted by molar-refractivity contribution is -0.146. The average molecular weight is 388 g/mol. The Hall–Kier alpha value is -1.31. The van der Waals surface area contributed by atoms with Crippen LogP contribution in [0.4, 0.5) is 10.5 Å². The molecule has 1 aliphatic rings. The number of halogens is 1. The highest BCUT2D eigenvalue weighted by Gasteiger charge is 2.42. The molecule has 2 N–H and O–H groups in total. The SMILES string of the molecule is Cc1cc(I)cc(NC(=O)N2CCC(C)(C(=O)O)C2)c1. The lowest BCUT2D eigenvalue weighted by Crippen LogP contribution is -2.37. The first-order valence-corrected chi connectivity index (χ1v) is 7.44. The van der Waals surface area contributed by atoms with E-state index in [0.29, 0.717) is 13.0 Å². The van der Waals surface area contributed by atoms with E-state index in [-0.39, 0.29) is 12.6 Å². The number of hydrogen-bond acceptors (Lipinski definition) is 2. The standard InChI is InChI=1S/C14H17IN2O3/c1-9-5-10(15)7-11(6-9)16-13(20)17-4-3-14(2,8-17)12(18)19/h5-7H,3-4,8H2,1-2H3,(H,16,20)(H,18,19). The molecule has 1 aromatic rings. The number of amides is 2. The number of aliphatic carboxylic acids is 1. The second kappa shape index (κ2) is 5.59. The number of aryl methyl sites for hydroxylation is 1. The summed E-state index contributed by atoms with van der Waals surface area (Å²) < 4.78 is 1.05. The average Bonchev–Trinajstić information content (AvgIpc) is 2.72. The smallest absolute Gasteiger partial charge is 0.321 e. The zero-order valence-electron chi connectivity index (χ0n) is 11.4. The van der Waals surface area contributed by atoms with Crippen molar-refractivity contribution in [3.63, 3.8) is 0 Å². The molecule has 0 spiro atoms. The monoisotopic (exact) mass is 388 g/mol. The summed E-state index contributed by atoms with van der Waals surface area (Å²) in [5.41, 5.74) is 0.977. The van der Waals surface area contributed by atoms with Gasteiger partial charge in [0, 0.05) is 22.3 Å². The predicted molar refractivity (Wildman–Crippen MR) is 84.8 cm³/mol. The molecule has 0 bridgehead atoms. The van der Waals surface area contributed by atoms with Crippen LogP contribution in [-0.4, -0.2) is 35.1 Å². The number of carbonyl (C=O) groups is 2. The Kier molecular flexibility index (Phi) is 4.22. The van der Waals surface area contributed by atoms with Gasteiger partial charge in [-0.25, -0.2) is 4.79 Å². The number of hydrogen-bond donors (Lipinski definition) is 2. The van der Waals surface area contributed by atoms with E-state index in [9.17, 15) is 14.7 Å². The Morgan fingerprint density at radius 2 is 2.10 bits per heavy atom. The third kappa shape index (κ3) is 3.23. The van der Waals surface area contributed by atoms with Crippen molar-refractivity contribution in [2.45, 2.75) is 20.3 Å². The van der Waals surface area contributed by atoms with Crippen molar-refractivity contribution < 1.29 is 14.7 Å². The number of rotatable bonds is 2. The second-order valence-electron chi connectivity index (χ2n) is 5.48. The van der Waals surface area contributed by atoms with Crippen LogP contribution in [0.3, 0.4) is 0 Å². The summed E-state index contributed by atoms with van der Waals surface area (Å²) in [6, 6.07) is 5.56. The zero-order chi connectivity index (χ0) is 14.9. The first-order chi connectivity index (χ1) is 9.30. The molecular weight excluding hydrogens is 371 g/mol. The number of urea groups is 1. The molecule has 0 aromatic heterocycles. The van der Waals surface area contributed by atoms with Gasteiger partial charge in [-0.05, 0) is 66.6 Å². The summed E-state index contributed by atoms with van der Waals surface area (Å²) in [6.45, 7) is 4.36. The molecule has 1 aliphatic heterocycles. The summed E-state index contributed by atoms with van der Waals surface area (Å²) in [6.07, 6.45) is 0.487. The Bertz CT molecular complexity index is 541. The van der Waals surface area contributed by atoms with E-state index in [1.54, 1.807) is 11.8 Å². The van der Waals surface area contributed by atoms with Crippen LogP contribution in [0.15, 0.2) is 18.2 Å². The van der Waals surface area contributed by atoms with Gasteiger partial charge >= 0.3 is 12.0 Å². The van der Waals surface area contributed by atoms with Crippen LogP contribution in [0.1, 0.15) is 18.9 Å². The molecule has 108 valence electrons. The van der Waals surface area contributed by atoms with Gasteiger partial charge in [0.2, 0.25) is 0 Å². The first kappa shape index (κ1) is 15.1. The fourth-order valence-corrected chi connectivity index (χ4v) is 3.15. The van der Waals surface area contributed by atoms with E-state index >= 15 is 0 Å². The van der Waals surface area contributed by atoms with Crippen LogP contribution in [0, 0.1) is 15.9 Å². The molecule has 2 amide bonds. The number of likely N-dealkylation sites (tertiary alicyclic amines) is 1. The topological polar surface area (TPSA) is 69.6 Å². The number of anilines is 1. The Labute approximate surface area is 131 Å². The van der Waals surface area contributed by atoms with E-state index in [0.717, 1.165) is 14.8 Å². The van der Waals surface area contributed by atoms with Crippen LogP contribution in [-0.2, 0) is 4.79 Å². The Balaban J connectivity index is 2.05. The van der Waals surface area contributed by atoms with Crippen LogP contribution in [0.25, 0.3) is 0 Å². The zero-order valence-corrected chi connectivity index (χ0v) is 13.6. The summed E-state index contributed by atoms with van der Waals surface area (Å²) >= 11 is 2.20. The summed E-state index contributed by atoms with van der Waals surface area (Å²) in [5, 5.41) is 12.0. The second-order valence-corrected chi connectivity index (χ2v) is 6.73. The fourth-order valence-electron chi connectivity index (χ4n) is 2.32. The Morgan fingerprint density at radius 3 is 2.65 bits per heavy atom. The van der Waals surface area contributed by atoms with Gasteiger partial charge in [-0.15, -0.1) is 0 Å². The van der Waals surface area contributed by atoms with Crippen molar-refractivity contribution in [3.05, 3.63) is 27.3 Å². The molecule has 20 heavy (non-hydrogen) atoms. The number of benzene rings is 1. The third-order valence-electron chi connectivity index (χ3n) is 3.57. The minimum absolute atomic E-state index is 0.239. The van der Waals surface area contributed by atoms with E-state index in [4.69, 9.17) is 0 Å². The Morgan fingerprint density at radius 1 is 1.40 bits per heavy atom. The molecule has 6 heteroatoms. The van der Waals surface area contributed by atoms with Gasteiger partial charge in [0.25, 0.3) is 0 Å². The molecule has 1 saturated heterocycles. The van der Waals surface area contributed by atoms with Crippen molar-refractivity contribution in [1.29, 1.82) is 0 Å². The lowest BCUT2D eigenvalue weighted by Gasteiger charge is -2.20. The molecule has 1 fully saturated rings. The summed E-state index contributed by atoms with van der Waals surface area (Å²) in [4.78, 5) is 24.9. The molecule has 1 unspecified atom stereocenters. The molecule has 1 aromatic carbocycles. The first-order valence-electron chi connectivity index (χ1n) is 6.37. The maximum absolute atomic E-state index is 12.2. The van der Waals surface area contributed by atoms with Gasteiger partial charge in [-0.2, -0.15) is 0 Å². The number of carbonyl (C=O) groups excluding carboxylic acids is 1. The van der Waals surface area contributed by atoms with E-state index in [1.807, 2.05) is 25.1 Å². The molecule has 0 aliphatic carbocycles. The van der Waals surface area contributed by atoms with Crippen LogP contribution < -0.4 is 5.32 Å². The minimum atomic E-state index is -0.849. The number of carboxylic acid groups (broad SMARTS) is 1. The quantitative estimate of drug-likeness (QED) is 0.766. The van der Waals surface area contributed by atoms with Crippen molar-refractivity contribution in [2.75, 3.05) is 18.4 Å². The van der Waals surface area contributed by atoms with Gasteiger partial charge in [0.1, 0.15) is 0 Å². The molecule has 0 saturated carbocycles. The maximum atomic E-state index is 12.2. The number of nitrogens with zero attached hydrogens (tertiary/aromatic N) is 1. The summed E-state index contributed by atoms with van der Waals surface area (Å²) in [5.74, 6) is -0.849. The largest absolute Gasteiger partial charge is 0.481 e. The molecule has 0 radical (unpaired) electrons. The number of nitrogens with one attached hydrogen (secondary N) is 1. The summed E-state index contributed by atoms with van der Waals surface area (Å²) in [7, 11) is 0. The van der Waals surface area contributed by atoms with Crippen molar-refractivity contribution in [3.8, 4) is 0 Å². The van der Waals surface area contributed by atoms with E-state index < -0.39 is 11.4 Å². The number of carboxylic acids is 1. The molecule has 1 heterocycles. The maximum Gasteiger partial charge on any atom is 0.321 e. The normalized spacial score (nSPS) is 21.9. The van der Waals surface area contributed by atoms with Crippen molar-refractivity contribution >= 4 is 40.3 Å². The minimum Gasteiger partial charge on any atom is -0.481 e. The van der Waals surface area contributed by atoms with Crippen molar-refractivity contribution in [1.82, 2.24) is 4.90 Å². The van der Waals surface area contributed by atoms with Gasteiger partial charge in [-0.3, -0.25) is 4.79 Å². The van der Waals surface area contributed by atoms with E-state index in [2.05, 4.69) is 27.9 Å². The molecule has 1 atom stereocenters. The van der Waals surface area contributed by atoms with Crippen LogP contribution in [0.2, 0.25) is 0 Å². The molecule has 5 nitrogen and oxygen atoms in total. The highest BCUT2D eigenvalue weighted by Crippen LogP contribution is 2.30. The van der Waals surface area contributed by atoms with Crippen LogP contribution in [0.5, 0.6) is 0 Å². The fraction of sp³-hybridized carbons (Fsp3) is 0.429. The predicted octanol–water partition coefficient (Wildman–Crippen LogP) is 2.93. The van der Waals surface area contributed by atoms with Gasteiger partial charge < -0.3 is 15.3 Å².